The number of nitro groups is 1. The molecule has 0 heterocycles. The topological polar surface area (TPSA) is 105 Å². The van der Waals surface area contributed by atoms with E-state index >= 15 is 0 Å². The van der Waals surface area contributed by atoms with E-state index in [1.807, 2.05) is 36.4 Å². The lowest BCUT2D eigenvalue weighted by Crippen LogP contribution is -2.14. The maximum absolute atomic E-state index is 12.6. The number of nitriles is 1. The third kappa shape index (κ3) is 6.66. The Morgan fingerprint density at radius 1 is 1.15 bits per heavy atom. The molecule has 10 heteroatoms. The summed E-state index contributed by atoms with van der Waals surface area (Å²) in [4.78, 5) is 23.2. The molecule has 3 aromatic rings. The van der Waals surface area contributed by atoms with Crippen LogP contribution >= 0.6 is 56.8 Å². The highest BCUT2D eigenvalue weighted by Crippen LogP contribution is 2.31. The van der Waals surface area contributed by atoms with Gasteiger partial charge in [-0.2, -0.15) is 5.26 Å². The van der Waals surface area contributed by atoms with E-state index < -0.39 is 10.8 Å². The predicted molar refractivity (Wildman–Crippen MR) is 143 cm³/mol. The second kappa shape index (κ2) is 11.4. The van der Waals surface area contributed by atoms with Gasteiger partial charge in [0.15, 0.2) is 0 Å². The van der Waals surface area contributed by atoms with Crippen LogP contribution in [0.1, 0.15) is 11.1 Å². The van der Waals surface area contributed by atoms with E-state index in [9.17, 15) is 20.2 Å². The second-order valence-corrected chi connectivity index (χ2v) is 9.39. The number of hydrogen-bond donors (Lipinski definition) is 1. The zero-order valence-corrected chi connectivity index (χ0v) is 21.8. The smallest absolute Gasteiger partial charge is 0.294 e. The van der Waals surface area contributed by atoms with E-state index in [1.165, 1.54) is 18.2 Å². The van der Waals surface area contributed by atoms with Crippen LogP contribution in [0.15, 0.2) is 66.2 Å². The van der Waals surface area contributed by atoms with Gasteiger partial charge in [0.25, 0.3) is 11.6 Å². The lowest BCUT2D eigenvalue weighted by atomic mass is 10.1. The third-order valence-corrected chi connectivity index (χ3v) is 6.17. The molecule has 0 aliphatic heterocycles. The molecule has 0 aliphatic rings. The van der Waals surface area contributed by atoms with Gasteiger partial charge in [0, 0.05) is 11.1 Å². The molecule has 1 amide bonds. The van der Waals surface area contributed by atoms with Crippen molar-refractivity contribution >= 4 is 80.1 Å². The molecule has 166 valence electrons. The molecule has 0 fully saturated rings. The fraction of sp³-hybridized carbons (Fsp3) is 0.0435. The van der Waals surface area contributed by atoms with E-state index in [1.54, 1.807) is 12.1 Å². The molecule has 3 aromatic carbocycles. The van der Waals surface area contributed by atoms with Crippen molar-refractivity contribution in [1.82, 2.24) is 0 Å². The number of nitrogens with one attached hydrogen (secondary N) is 1. The zero-order valence-electron chi connectivity index (χ0n) is 16.7. The summed E-state index contributed by atoms with van der Waals surface area (Å²) in [7, 11) is 0. The molecule has 0 saturated carbocycles. The van der Waals surface area contributed by atoms with Crippen LogP contribution in [-0.4, -0.2) is 10.8 Å². The SMILES string of the molecule is N#C/C(=C/c1cc(I)c(OCc2ccccc2)c(I)c1)C(=O)Nc1ccc(Cl)cc1[N+](=O)[O-]. The Morgan fingerprint density at radius 2 is 1.82 bits per heavy atom. The van der Waals surface area contributed by atoms with Crippen LogP contribution in [0, 0.1) is 28.6 Å². The Labute approximate surface area is 221 Å². The van der Waals surface area contributed by atoms with Gasteiger partial charge in [-0.05, 0) is 86.7 Å². The number of carbonyl (C=O) groups is 1. The standard InChI is InChI=1S/C23H14ClI2N3O4/c24-17-6-7-20(21(11-17)29(31)32)28-23(30)16(12-27)8-15-9-18(25)22(19(26)10-15)33-13-14-4-2-1-3-5-14/h1-11H,13H2,(H,28,30)/b16-8-. The first-order chi connectivity index (χ1) is 15.8. The molecule has 0 aromatic heterocycles. The number of hydrogen-bond acceptors (Lipinski definition) is 5. The zero-order chi connectivity index (χ0) is 24.0. The van der Waals surface area contributed by atoms with Crippen molar-refractivity contribution in [2.45, 2.75) is 6.61 Å². The Bertz CT molecular complexity index is 1270. The highest BCUT2D eigenvalue weighted by Gasteiger charge is 2.19. The summed E-state index contributed by atoms with van der Waals surface area (Å²) in [6.07, 6.45) is 1.42. The fourth-order valence-electron chi connectivity index (χ4n) is 2.80. The minimum atomic E-state index is -0.766. The minimum absolute atomic E-state index is 0.0515. The van der Waals surface area contributed by atoms with E-state index in [4.69, 9.17) is 16.3 Å². The summed E-state index contributed by atoms with van der Waals surface area (Å²) >= 11 is 10.1. The van der Waals surface area contributed by atoms with Gasteiger partial charge in [-0.15, -0.1) is 0 Å². The van der Waals surface area contributed by atoms with Crippen LogP contribution in [0.4, 0.5) is 11.4 Å². The molecule has 0 radical (unpaired) electrons. The van der Waals surface area contributed by atoms with E-state index in [0.717, 1.165) is 18.8 Å². The van der Waals surface area contributed by atoms with Crippen LogP contribution < -0.4 is 10.1 Å². The molecule has 0 bridgehead atoms. The molecule has 0 saturated heterocycles. The number of benzene rings is 3. The highest BCUT2D eigenvalue weighted by molar-refractivity contribution is 14.1. The van der Waals surface area contributed by atoms with Gasteiger partial charge in [-0.3, -0.25) is 14.9 Å². The number of nitrogens with zero attached hydrogens (tertiary/aromatic N) is 2. The molecule has 3 rings (SSSR count). The minimum Gasteiger partial charge on any atom is -0.487 e. The number of anilines is 1. The molecule has 0 unspecified atom stereocenters. The van der Waals surface area contributed by atoms with Crippen molar-refractivity contribution in [1.29, 1.82) is 5.26 Å². The van der Waals surface area contributed by atoms with Crippen LogP contribution in [0.25, 0.3) is 6.08 Å². The first kappa shape index (κ1) is 24.9. The average Bonchev–Trinajstić information content (AvgIpc) is 2.78. The van der Waals surface area contributed by atoms with Crippen LogP contribution in [0.2, 0.25) is 5.02 Å². The molecule has 1 N–H and O–H groups in total. The third-order valence-electron chi connectivity index (χ3n) is 4.33. The highest BCUT2D eigenvalue weighted by atomic mass is 127. The summed E-state index contributed by atoms with van der Waals surface area (Å²) < 4.78 is 7.58. The summed E-state index contributed by atoms with van der Waals surface area (Å²) in [5, 5.41) is 23.3. The molecule has 0 spiro atoms. The molecule has 7 nitrogen and oxygen atoms in total. The monoisotopic (exact) mass is 685 g/mol. The Balaban J connectivity index is 1.81. The second-order valence-electron chi connectivity index (χ2n) is 6.63. The number of halogens is 3. The number of carbonyl (C=O) groups excluding carboxylic acids is 1. The van der Waals surface area contributed by atoms with Crippen LogP contribution in [-0.2, 0) is 11.4 Å². The molecular weight excluding hydrogens is 672 g/mol. The normalized spacial score (nSPS) is 10.9. The Hall–Kier alpha value is -2.69. The largest absolute Gasteiger partial charge is 0.487 e. The number of ether oxygens (including phenoxy) is 1. The summed E-state index contributed by atoms with van der Waals surface area (Å²) in [5.41, 5.74) is 1.03. The summed E-state index contributed by atoms with van der Waals surface area (Å²) in [6.45, 7) is 0.410. The van der Waals surface area contributed by atoms with Crippen molar-refractivity contribution in [2.24, 2.45) is 0 Å². The van der Waals surface area contributed by atoms with Gasteiger partial charge in [0.1, 0.15) is 29.7 Å². The molecular formula is C23H14ClI2N3O4. The maximum Gasteiger partial charge on any atom is 0.294 e. The van der Waals surface area contributed by atoms with E-state index in [-0.39, 0.29) is 22.0 Å². The Morgan fingerprint density at radius 3 is 2.42 bits per heavy atom. The lowest BCUT2D eigenvalue weighted by molar-refractivity contribution is -0.383. The van der Waals surface area contributed by atoms with Gasteiger partial charge in [-0.25, -0.2) is 0 Å². The quantitative estimate of drug-likeness (QED) is 0.0995. The number of amides is 1. The maximum atomic E-state index is 12.6. The number of nitro benzene ring substituents is 1. The van der Waals surface area contributed by atoms with Crippen molar-refractivity contribution in [2.75, 3.05) is 5.32 Å². The molecule has 33 heavy (non-hydrogen) atoms. The van der Waals surface area contributed by atoms with E-state index in [2.05, 4.69) is 50.5 Å². The van der Waals surface area contributed by atoms with Gasteiger partial charge in [0.2, 0.25) is 0 Å². The van der Waals surface area contributed by atoms with Crippen molar-refractivity contribution < 1.29 is 14.5 Å². The van der Waals surface area contributed by atoms with Crippen molar-refractivity contribution in [3.63, 3.8) is 0 Å². The summed E-state index contributed by atoms with van der Waals surface area (Å²) in [5.74, 6) is -0.0608. The van der Waals surface area contributed by atoms with E-state index in [0.29, 0.717) is 17.9 Å². The Kier molecular flexibility index (Phi) is 8.65. The fourth-order valence-corrected chi connectivity index (χ4v) is 5.09. The van der Waals surface area contributed by atoms with Gasteiger partial charge in [-0.1, -0.05) is 41.9 Å². The van der Waals surface area contributed by atoms with Gasteiger partial charge < -0.3 is 10.1 Å². The molecule has 0 atom stereocenters. The van der Waals surface area contributed by atoms with Gasteiger partial charge >= 0.3 is 0 Å². The van der Waals surface area contributed by atoms with Crippen molar-refractivity contribution in [3.05, 3.63) is 99.6 Å². The average molecular weight is 686 g/mol. The number of rotatable bonds is 7. The summed E-state index contributed by atoms with van der Waals surface area (Å²) in [6, 6.07) is 19.1. The van der Waals surface area contributed by atoms with Crippen LogP contribution in [0.3, 0.4) is 0 Å². The first-order valence-electron chi connectivity index (χ1n) is 9.31. The lowest BCUT2D eigenvalue weighted by Gasteiger charge is -2.12. The van der Waals surface area contributed by atoms with Gasteiger partial charge in [0.05, 0.1) is 12.1 Å². The predicted octanol–water partition coefficient (Wildman–Crippen LogP) is 6.58. The van der Waals surface area contributed by atoms with Crippen molar-refractivity contribution in [3.8, 4) is 11.8 Å². The molecule has 0 aliphatic carbocycles. The first-order valence-corrected chi connectivity index (χ1v) is 11.8. The van der Waals surface area contributed by atoms with Crippen LogP contribution in [0.5, 0.6) is 5.75 Å².